The molecule has 2 aliphatic carbocycles. The molecule has 1 heterocycles. The zero-order valence-corrected chi connectivity index (χ0v) is 11.1. The maximum atomic E-state index is 12.1. The van der Waals surface area contributed by atoms with Gasteiger partial charge in [0.05, 0.1) is 5.92 Å². The Hall–Kier alpha value is -0.280. The molecule has 0 bridgehead atoms. The number of halogens is 1. The Morgan fingerprint density at radius 2 is 1.76 bits per heavy atom. The van der Waals surface area contributed by atoms with Crippen LogP contribution in [0.25, 0.3) is 0 Å². The predicted octanol–water partition coefficient (Wildman–Crippen LogP) is 1.71. The van der Waals surface area contributed by atoms with E-state index in [0.717, 1.165) is 37.8 Å². The van der Waals surface area contributed by atoms with E-state index in [1.54, 1.807) is 0 Å². The van der Waals surface area contributed by atoms with Crippen molar-refractivity contribution in [2.75, 3.05) is 13.1 Å². The van der Waals surface area contributed by atoms with Gasteiger partial charge >= 0.3 is 0 Å². The third-order valence-electron chi connectivity index (χ3n) is 4.24. The van der Waals surface area contributed by atoms with Crippen LogP contribution in [0.1, 0.15) is 38.5 Å². The summed E-state index contributed by atoms with van der Waals surface area (Å²) in [6.07, 6.45) is 7.57. The number of amides is 1. The molecule has 1 aliphatic heterocycles. The molecule has 1 atom stereocenters. The second-order valence-electron chi connectivity index (χ2n) is 5.75. The van der Waals surface area contributed by atoms with Gasteiger partial charge in [0.25, 0.3) is 0 Å². The van der Waals surface area contributed by atoms with Crippen LogP contribution in [0.15, 0.2) is 0 Å². The van der Waals surface area contributed by atoms with Gasteiger partial charge in [-0.15, -0.1) is 12.4 Å². The fourth-order valence-electron chi connectivity index (χ4n) is 2.89. The highest BCUT2D eigenvalue weighted by atomic mass is 35.5. The first-order chi connectivity index (χ1) is 7.84. The largest absolute Gasteiger partial charge is 0.353 e. The summed E-state index contributed by atoms with van der Waals surface area (Å²) in [5, 5.41) is 6.65. The Balaban J connectivity index is 0.00000108. The van der Waals surface area contributed by atoms with Crippen LogP contribution >= 0.6 is 12.4 Å². The summed E-state index contributed by atoms with van der Waals surface area (Å²) in [5.41, 5.74) is 0. The predicted molar refractivity (Wildman–Crippen MR) is 70.2 cm³/mol. The van der Waals surface area contributed by atoms with Gasteiger partial charge in [0.15, 0.2) is 0 Å². The molecule has 3 aliphatic rings. The molecule has 3 rings (SSSR count). The zero-order chi connectivity index (χ0) is 11.0. The smallest absolute Gasteiger partial charge is 0.224 e. The van der Waals surface area contributed by atoms with E-state index in [2.05, 4.69) is 10.6 Å². The van der Waals surface area contributed by atoms with Crippen LogP contribution in [-0.2, 0) is 4.79 Å². The first-order valence-electron chi connectivity index (χ1n) is 6.85. The second-order valence-corrected chi connectivity index (χ2v) is 5.75. The molecule has 2 saturated carbocycles. The number of hydrogen-bond donors (Lipinski definition) is 2. The molecular formula is C13H23ClN2O. The Kier molecular flexibility index (Phi) is 4.31. The van der Waals surface area contributed by atoms with Crippen LogP contribution in [0.4, 0.5) is 0 Å². The monoisotopic (exact) mass is 258 g/mol. The van der Waals surface area contributed by atoms with E-state index in [1.165, 1.54) is 25.7 Å². The third-order valence-corrected chi connectivity index (χ3v) is 4.24. The minimum absolute atomic E-state index is 0. The van der Waals surface area contributed by atoms with E-state index in [9.17, 15) is 4.79 Å². The molecule has 1 amide bonds. The van der Waals surface area contributed by atoms with Crippen molar-refractivity contribution in [2.24, 2.45) is 17.8 Å². The molecule has 1 saturated heterocycles. The first kappa shape index (κ1) is 13.2. The average Bonchev–Trinajstić information content (AvgIpc) is 3.19. The van der Waals surface area contributed by atoms with Crippen LogP contribution in [0.5, 0.6) is 0 Å². The molecule has 0 unspecified atom stereocenters. The lowest BCUT2D eigenvalue weighted by Gasteiger charge is -2.25. The fourth-order valence-corrected chi connectivity index (χ4v) is 2.89. The minimum Gasteiger partial charge on any atom is -0.353 e. The number of carbonyl (C=O) groups is 1. The highest BCUT2D eigenvalue weighted by molar-refractivity contribution is 5.85. The second kappa shape index (κ2) is 5.57. The summed E-state index contributed by atoms with van der Waals surface area (Å²) < 4.78 is 0. The molecule has 0 aromatic heterocycles. The fraction of sp³-hybridized carbons (Fsp3) is 0.923. The SMILES string of the molecule is Cl.O=C(NC(C1CC1)C1CC1)[C@@H]1CCCNC1. The van der Waals surface area contributed by atoms with Crippen LogP contribution in [0.3, 0.4) is 0 Å². The molecule has 0 radical (unpaired) electrons. The summed E-state index contributed by atoms with van der Waals surface area (Å²) in [5.74, 6) is 2.17. The molecule has 3 nitrogen and oxygen atoms in total. The van der Waals surface area contributed by atoms with Crippen LogP contribution in [0.2, 0.25) is 0 Å². The van der Waals surface area contributed by atoms with Gasteiger partial charge in [0.1, 0.15) is 0 Å². The Labute approximate surface area is 110 Å². The van der Waals surface area contributed by atoms with Crippen molar-refractivity contribution in [3.05, 3.63) is 0 Å². The lowest BCUT2D eigenvalue weighted by molar-refractivity contribution is -0.126. The van der Waals surface area contributed by atoms with Crippen LogP contribution in [0, 0.1) is 17.8 Å². The number of nitrogens with one attached hydrogen (secondary N) is 2. The Morgan fingerprint density at radius 3 is 2.24 bits per heavy atom. The normalized spacial score (nSPS) is 28.6. The molecule has 98 valence electrons. The number of piperidine rings is 1. The summed E-state index contributed by atoms with van der Waals surface area (Å²) in [4.78, 5) is 12.1. The molecular weight excluding hydrogens is 236 g/mol. The van der Waals surface area contributed by atoms with Crippen molar-refractivity contribution in [3.63, 3.8) is 0 Å². The van der Waals surface area contributed by atoms with E-state index in [-0.39, 0.29) is 18.3 Å². The van der Waals surface area contributed by atoms with Crippen molar-refractivity contribution < 1.29 is 4.79 Å². The van der Waals surface area contributed by atoms with Crippen molar-refractivity contribution in [2.45, 2.75) is 44.6 Å². The van der Waals surface area contributed by atoms with E-state index in [4.69, 9.17) is 0 Å². The van der Waals surface area contributed by atoms with Gasteiger partial charge < -0.3 is 10.6 Å². The maximum absolute atomic E-state index is 12.1. The Bertz CT molecular complexity index is 259. The first-order valence-corrected chi connectivity index (χ1v) is 6.85. The molecule has 2 N–H and O–H groups in total. The zero-order valence-electron chi connectivity index (χ0n) is 10.3. The summed E-state index contributed by atoms with van der Waals surface area (Å²) in [6, 6.07) is 0.523. The highest BCUT2D eigenvalue weighted by Crippen LogP contribution is 2.44. The quantitative estimate of drug-likeness (QED) is 0.806. The van der Waals surface area contributed by atoms with Gasteiger partial charge in [0.2, 0.25) is 5.91 Å². The van der Waals surface area contributed by atoms with Crippen LogP contribution in [-0.4, -0.2) is 25.0 Å². The number of rotatable bonds is 4. The van der Waals surface area contributed by atoms with E-state index in [0.29, 0.717) is 11.9 Å². The van der Waals surface area contributed by atoms with Gasteiger partial charge in [-0.25, -0.2) is 0 Å². The van der Waals surface area contributed by atoms with E-state index < -0.39 is 0 Å². The topological polar surface area (TPSA) is 41.1 Å². The van der Waals surface area contributed by atoms with Gasteiger partial charge in [-0.05, 0) is 56.9 Å². The molecule has 17 heavy (non-hydrogen) atoms. The molecule has 0 spiro atoms. The van der Waals surface area contributed by atoms with E-state index in [1.807, 2.05) is 0 Å². The highest BCUT2D eigenvalue weighted by Gasteiger charge is 2.42. The van der Waals surface area contributed by atoms with Gasteiger partial charge in [-0.3, -0.25) is 4.79 Å². The molecule has 3 fully saturated rings. The molecule has 0 aromatic rings. The Morgan fingerprint density at radius 1 is 1.12 bits per heavy atom. The molecule has 0 aromatic carbocycles. The van der Waals surface area contributed by atoms with Crippen molar-refractivity contribution >= 4 is 18.3 Å². The van der Waals surface area contributed by atoms with Gasteiger partial charge in [0, 0.05) is 12.6 Å². The standard InChI is InChI=1S/C13H22N2O.ClH/c16-13(11-2-1-7-14-8-11)15-12(9-3-4-9)10-5-6-10;/h9-12,14H,1-8H2,(H,15,16);1H/t11-;/m1./s1. The van der Waals surface area contributed by atoms with Crippen molar-refractivity contribution in [1.82, 2.24) is 10.6 Å². The van der Waals surface area contributed by atoms with Gasteiger partial charge in [-0.1, -0.05) is 0 Å². The lowest BCUT2D eigenvalue weighted by Crippen LogP contribution is -2.46. The summed E-state index contributed by atoms with van der Waals surface area (Å²) in [6.45, 7) is 1.96. The van der Waals surface area contributed by atoms with Crippen LogP contribution < -0.4 is 10.6 Å². The summed E-state index contributed by atoms with van der Waals surface area (Å²) >= 11 is 0. The summed E-state index contributed by atoms with van der Waals surface area (Å²) in [7, 11) is 0. The van der Waals surface area contributed by atoms with Crippen molar-refractivity contribution in [1.29, 1.82) is 0 Å². The average molecular weight is 259 g/mol. The lowest BCUT2D eigenvalue weighted by atomic mass is 9.97. The maximum Gasteiger partial charge on any atom is 0.224 e. The molecule has 4 heteroatoms. The van der Waals surface area contributed by atoms with Gasteiger partial charge in [-0.2, -0.15) is 0 Å². The van der Waals surface area contributed by atoms with E-state index >= 15 is 0 Å². The minimum atomic E-state index is 0. The number of hydrogen-bond acceptors (Lipinski definition) is 2. The third kappa shape index (κ3) is 3.35. The van der Waals surface area contributed by atoms with Crippen molar-refractivity contribution in [3.8, 4) is 0 Å². The number of carbonyl (C=O) groups excluding carboxylic acids is 1.